The minimum Gasteiger partial charge on any atom is -0.393 e. The maximum atomic E-state index is 9.22. The molecule has 1 aliphatic rings. The Bertz CT molecular complexity index is 156. The van der Waals surface area contributed by atoms with Gasteiger partial charge in [0.25, 0.3) is 0 Å². The van der Waals surface area contributed by atoms with E-state index < -0.39 is 0 Å². The third kappa shape index (κ3) is 3.21. The molecular formula is C9H16N2O. The zero-order valence-electron chi connectivity index (χ0n) is 7.29. The number of aliphatic hydroxyl groups excluding tert-OH is 1. The van der Waals surface area contributed by atoms with Gasteiger partial charge in [-0.2, -0.15) is 5.26 Å². The van der Waals surface area contributed by atoms with Crippen LogP contribution in [0.2, 0.25) is 0 Å². The van der Waals surface area contributed by atoms with Gasteiger partial charge in [-0.3, -0.25) is 0 Å². The molecule has 0 radical (unpaired) electrons. The van der Waals surface area contributed by atoms with Gasteiger partial charge >= 0.3 is 0 Å². The second-order valence-corrected chi connectivity index (χ2v) is 3.37. The van der Waals surface area contributed by atoms with E-state index in [4.69, 9.17) is 5.26 Å². The molecule has 0 aliphatic heterocycles. The predicted octanol–water partition coefficient (Wildman–Crippen LogP) is 0.793. The van der Waals surface area contributed by atoms with Gasteiger partial charge in [0.1, 0.15) is 0 Å². The Balaban J connectivity index is 2.06. The van der Waals surface area contributed by atoms with Crippen LogP contribution in [0.25, 0.3) is 0 Å². The first-order valence-electron chi connectivity index (χ1n) is 4.61. The smallest absolute Gasteiger partial charge is 0.0635 e. The molecule has 0 aromatic heterocycles. The molecule has 1 rings (SSSR count). The quantitative estimate of drug-likeness (QED) is 0.613. The van der Waals surface area contributed by atoms with Crippen LogP contribution in [0.1, 0.15) is 32.1 Å². The summed E-state index contributed by atoms with van der Waals surface area (Å²) in [6.07, 6.45) is 4.41. The number of nitriles is 1. The van der Waals surface area contributed by atoms with Gasteiger partial charge in [-0.25, -0.2) is 0 Å². The zero-order chi connectivity index (χ0) is 8.81. The molecule has 0 bridgehead atoms. The van der Waals surface area contributed by atoms with Crippen molar-refractivity contribution in [1.82, 2.24) is 5.32 Å². The van der Waals surface area contributed by atoms with E-state index in [0.717, 1.165) is 32.2 Å². The summed E-state index contributed by atoms with van der Waals surface area (Å²) in [6, 6.07) is 2.63. The molecule has 0 heterocycles. The zero-order valence-corrected chi connectivity index (χ0v) is 7.29. The lowest BCUT2D eigenvalue weighted by molar-refractivity contribution is 0.117. The molecule has 12 heavy (non-hydrogen) atoms. The molecule has 1 fully saturated rings. The lowest BCUT2D eigenvalue weighted by Crippen LogP contribution is -2.34. The topological polar surface area (TPSA) is 56.0 Å². The molecular weight excluding hydrogens is 152 g/mol. The van der Waals surface area contributed by atoms with Gasteiger partial charge in [0, 0.05) is 19.0 Å². The first-order valence-corrected chi connectivity index (χ1v) is 4.61. The van der Waals surface area contributed by atoms with Crippen LogP contribution in [0.15, 0.2) is 0 Å². The minimum atomic E-state index is -0.0842. The highest BCUT2D eigenvalue weighted by molar-refractivity contribution is 4.78. The molecule has 0 atom stereocenters. The van der Waals surface area contributed by atoms with E-state index in [2.05, 4.69) is 11.4 Å². The molecule has 3 nitrogen and oxygen atoms in total. The summed E-state index contributed by atoms with van der Waals surface area (Å²) < 4.78 is 0. The summed E-state index contributed by atoms with van der Waals surface area (Å²) >= 11 is 0. The maximum absolute atomic E-state index is 9.22. The third-order valence-electron chi connectivity index (χ3n) is 2.37. The molecule has 0 aromatic rings. The molecule has 0 spiro atoms. The molecule has 0 aromatic carbocycles. The number of nitrogens with one attached hydrogen (secondary N) is 1. The van der Waals surface area contributed by atoms with Crippen molar-refractivity contribution in [2.24, 2.45) is 0 Å². The Kier molecular flexibility index (Phi) is 4.06. The second-order valence-electron chi connectivity index (χ2n) is 3.37. The van der Waals surface area contributed by atoms with Gasteiger partial charge in [0.15, 0.2) is 0 Å². The van der Waals surface area contributed by atoms with E-state index >= 15 is 0 Å². The molecule has 1 saturated carbocycles. The van der Waals surface area contributed by atoms with Crippen molar-refractivity contribution in [1.29, 1.82) is 5.26 Å². The van der Waals surface area contributed by atoms with Crippen molar-refractivity contribution >= 4 is 0 Å². The van der Waals surface area contributed by atoms with E-state index in [1.165, 1.54) is 0 Å². The van der Waals surface area contributed by atoms with Crippen LogP contribution in [0.5, 0.6) is 0 Å². The van der Waals surface area contributed by atoms with Crippen LogP contribution < -0.4 is 5.32 Å². The highest BCUT2D eigenvalue weighted by Crippen LogP contribution is 2.17. The summed E-state index contributed by atoms with van der Waals surface area (Å²) in [6.45, 7) is 0.789. The van der Waals surface area contributed by atoms with E-state index in [0.29, 0.717) is 12.5 Å². The van der Waals surface area contributed by atoms with Gasteiger partial charge in [-0.05, 0) is 25.7 Å². The molecule has 0 saturated heterocycles. The van der Waals surface area contributed by atoms with E-state index in [9.17, 15) is 5.11 Å². The monoisotopic (exact) mass is 168 g/mol. The standard InChI is InChI=1S/C9H16N2O/c10-6-1-7-11-8-2-4-9(12)5-3-8/h8-9,11-12H,1-5,7H2. The third-order valence-corrected chi connectivity index (χ3v) is 2.37. The lowest BCUT2D eigenvalue weighted by atomic mass is 9.93. The Hall–Kier alpha value is -0.590. The van der Waals surface area contributed by atoms with Gasteiger partial charge in [0.05, 0.1) is 12.2 Å². The maximum Gasteiger partial charge on any atom is 0.0635 e. The first kappa shape index (κ1) is 9.50. The minimum absolute atomic E-state index is 0.0842. The van der Waals surface area contributed by atoms with Crippen LogP contribution in [0.3, 0.4) is 0 Å². The molecule has 68 valence electrons. The van der Waals surface area contributed by atoms with Crippen LogP contribution in [0.4, 0.5) is 0 Å². The molecule has 3 heteroatoms. The number of nitrogens with zero attached hydrogens (tertiary/aromatic N) is 1. The van der Waals surface area contributed by atoms with Crippen LogP contribution >= 0.6 is 0 Å². The van der Waals surface area contributed by atoms with Crippen molar-refractivity contribution in [3.05, 3.63) is 0 Å². The second kappa shape index (κ2) is 5.13. The average molecular weight is 168 g/mol. The highest BCUT2D eigenvalue weighted by Gasteiger charge is 2.17. The molecule has 1 aliphatic carbocycles. The van der Waals surface area contributed by atoms with E-state index in [1.807, 2.05) is 0 Å². The Morgan fingerprint density at radius 3 is 2.58 bits per heavy atom. The molecule has 0 unspecified atom stereocenters. The van der Waals surface area contributed by atoms with Crippen LogP contribution in [0, 0.1) is 11.3 Å². The lowest BCUT2D eigenvalue weighted by Gasteiger charge is -2.25. The van der Waals surface area contributed by atoms with Crippen LogP contribution in [-0.4, -0.2) is 23.8 Å². The van der Waals surface area contributed by atoms with E-state index in [1.54, 1.807) is 0 Å². The molecule has 0 amide bonds. The molecule has 2 N–H and O–H groups in total. The van der Waals surface area contributed by atoms with Crippen molar-refractivity contribution < 1.29 is 5.11 Å². The Morgan fingerprint density at radius 2 is 2.00 bits per heavy atom. The summed E-state index contributed by atoms with van der Waals surface area (Å²) in [5, 5.41) is 20.8. The summed E-state index contributed by atoms with van der Waals surface area (Å²) in [7, 11) is 0. The predicted molar refractivity (Wildman–Crippen MR) is 46.5 cm³/mol. The fraction of sp³-hybridized carbons (Fsp3) is 0.889. The number of rotatable bonds is 3. The number of hydrogen-bond acceptors (Lipinski definition) is 3. The summed E-state index contributed by atoms with van der Waals surface area (Å²) in [5.41, 5.74) is 0. The SMILES string of the molecule is N#CCCNC1CCC(O)CC1. The highest BCUT2D eigenvalue weighted by atomic mass is 16.3. The number of aliphatic hydroxyl groups is 1. The van der Waals surface area contributed by atoms with Gasteiger partial charge in [0.2, 0.25) is 0 Å². The fourth-order valence-electron chi connectivity index (χ4n) is 1.61. The first-order chi connectivity index (χ1) is 5.83. The van der Waals surface area contributed by atoms with Gasteiger partial charge in [-0.1, -0.05) is 0 Å². The average Bonchev–Trinajstić information content (AvgIpc) is 2.09. The normalized spacial score (nSPS) is 29.7. The van der Waals surface area contributed by atoms with Crippen molar-refractivity contribution in [3.63, 3.8) is 0 Å². The van der Waals surface area contributed by atoms with Gasteiger partial charge < -0.3 is 10.4 Å². The summed E-state index contributed by atoms with van der Waals surface area (Å²) in [5.74, 6) is 0. The Labute approximate surface area is 73.4 Å². The van der Waals surface area contributed by atoms with Crippen molar-refractivity contribution in [2.45, 2.75) is 44.2 Å². The van der Waals surface area contributed by atoms with Gasteiger partial charge in [-0.15, -0.1) is 0 Å². The van der Waals surface area contributed by atoms with Crippen LogP contribution in [-0.2, 0) is 0 Å². The van der Waals surface area contributed by atoms with Crippen molar-refractivity contribution in [2.75, 3.05) is 6.54 Å². The largest absolute Gasteiger partial charge is 0.393 e. The Morgan fingerprint density at radius 1 is 1.33 bits per heavy atom. The fourth-order valence-corrected chi connectivity index (χ4v) is 1.61. The summed E-state index contributed by atoms with van der Waals surface area (Å²) in [4.78, 5) is 0. The van der Waals surface area contributed by atoms with E-state index in [-0.39, 0.29) is 6.10 Å². The number of hydrogen-bond donors (Lipinski definition) is 2. The van der Waals surface area contributed by atoms with Crippen molar-refractivity contribution in [3.8, 4) is 6.07 Å².